The van der Waals surface area contributed by atoms with Crippen LogP contribution in [-0.4, -0.2) is 42.6 Å². The van der Waals surface area contributed by atoms with Gasteiger partial charge in [-0.05, 0) is 24.0 Å². The third-order valence-electron chi connectivity index (χ3n) is 3.73. The van der Waals surface area contributed by atoms with E-state index in [4.69, 9.17) is 0 Å². The number of nitrogens with one attached hydrogen (secondary N) is 1. The molecule has 0 aromatic heterocycles. The lowest BCUT2D eigenvalue weighted by Gasteiger charge is -2.33. The van der Waals surface area contributed by atoms with Crippen LogP contribution < -0.4 is 5.32 Å². The molecule has 0 aliphatic carbocycles. The van der Waals surface area contributed by atoms with Crippen LogP contribution in [-0.2, 0) is 6.42 Å². The van der Waals surface area contributed by atoms with E-state index in [0.717, 1.165) is 12.5 Å². The number of hydrogen-bond acceptors (Lipinski definition) is 3. The maximum atomic E-state index is 3.57. The van der Waals surface area contributed by atoms with Gasteiger partial charge >= 0.3 is 0 Å². The molecule has 1 saturated heterocycles. The van der Waals surface area contributed by atoms with E-state index >= 15 is 0 Å². The van der Waals surface area contributed by atoms with Crippen LogP contribution in [0.15, 0.2) is 24.3 Å². The van der Waals surface area contributed by atoms with Gasteiger partial charge in [-0.15, -0.1) is 0 Å². The fraction of sp³-hybridized carbons (Fsp3) is 0.571. The van der Waals surface area contributed by atoms with Gasteiger partial charge in [-0.25, -0.2) is 0 Å². The van der Waals surface area contributed by atoms with Gasteiger partial charge in [-0.1, -0.05) is 18.2 Å². The van der Waals surface area contributed by atoms with Crippen molar-refractivity contribution < 1.29 is 0 Å². The minimum absolute atomic E-state index is 0.785. The first-order chi connectivity index (χ1) is 8.42. The van der Waals surface area contributed by atoms with Crippen molar-refractivity contribution in [3.8, 4) is 0 Å². The summed E-state index contributed by atoms with van der Waals surface area (Å²) in [5.41, 5.74) is 2.84. The average Bonchev–Trinajstić information content (AvgIpc) is 2.40. The molecule has 2 aliphatic heterocycles. The largest absolute Gasteiger partial charge is 0.384 e. The van der Waals surface area contributed by atoms with Crippen LogP contribution >= 0.6 is 11.8 Å². The number of nitrogens with zero attached hydrogens (tertiary/aromatic N) is 1. The Morgan fingerprint density at radius 1 is 1.24 bits per heavy atom. The van der Waals surface area contributed by atoms with Crippen LogP contribution in [0.5, 0.6) is 0 Å². The summed E-state index contributed by atoms with van der Waals surface area (Å²) in [4.78, 5) is 2.64. The summed E-state index contributed by atoms with van der Waals surface area (Å²) in [6, 6.07) is 8.73. The second kappa shape index (κ2) is 5.32. The first-order valence-electron chi connectivity index (χ1n) is 6.54. The van der Waals surface area contributed by atoms with Gasteiger partial charge in [0.2, 0.25) is 0 Å². The molecule has 1 unspecified atom stereocenters. The van der Waals surface area contributed by atoms with Gasteiger partial charge in [0, 0.05) is 43.4 Å². The molecule has 2 aliphatic rings. The molecule has 3 heteroatoms. The van der Waals surface area contributed by atoms with Crippen LogP contribution in [0.4, 0.5) is 5.69 Å². The molecule has 0 radical (unpaired) electrons. The lowest BCUT2D eigenvalue weighted by molar-refractivity contribution is 0.253. The number of anilines is 1. The van der Waals surface area contributed by atoms with Crippen molar-refractivity contribution in [3.63, 3.8) is 0 Å². The lowest BCUT2D eigenvalue weighted by atomic mass is 9.93. The van der Waals surface area contributed by atoms with Gasteiger partial charge in [0.25, 0.3) is 0 Å². The Balaban J connectivity index is 1.60. The number of benzene rings is 1. The Morgan fingerprint density at radius 3 is 2.94 bits per heavy atom. The van der Waals surface area contributed by atoms with Crippen molar-refractivity contribution in [2.24, 2.45) is 5.92 Å². The van der Waals surface area contributed by atoms with E-state index < -0.39 is 0 Å². The highest BCUT2D eigenvalue weighted by Crippen LogP contribution is 2.25. The zero-order valence-electron chi connectivity index (χ0n) is 10.2. The summed E-state index contributed by atoms with van der Waals surface area (Å²) in [6.45, 7) is 4.97. The van der Waals surface area contributed by atoms with E-state index in [0.29, 0.717) is 0 Å². The molecule has 1 N–H and O–H groups in total. The average molecular weight is 248 g/mol. The zero-order chi connectivity index (χ0) is 11.5. The predicted molar refractivity (Wildman–Crippen MR) is 75.9 cm³/mol. The molecule has 0 bridgehead atoms. The molecule has 1 fully saturated rings. The van der Waals surface area contributed by atoms with Gasteiger partial charge in [0.15, 0.2) is 0 Å². The first kappa shape index (κ1) is 11.4. The molecular formula is C14H20N2S. The minimum atomic E-state index is 0.785. The number of hydrogen-bond donors (Lipinski definition) is 1. The molecule has 1 aromatic rings. The van der Waals surface area contributed by atoms with Crippen LogP contribution in [0.25, 0.3) is 0 Å². The summed E-state index contributed by atoms with van der Waals surface area (Å²) in [5, 5.41) is 3.57. The molecule has 0 spiro atoms. The summed E-state index contributed by atoms with van der Waals surface area (Å²) in [6.07, 6.45) is 1.24. The van der Waals surface area contributed by atoms with Crippen molar-refractivity contribution >= 4 is 17.4 Å². The second-order valence-corrected chi connectivity index (χ2v) is 6.25. The van der Waals surface area contributed by atoms with E-state index in [9.17, 15) is 0 Å². The van der Waals surface area contributed by atoms with Crippen molar-refractivity contribution in [1.82, 2.24) is 4.90 Å². The molecule has 1 aromatic carbocycles. The van der Waals surface area contributed by atoms with Gasteiger partial charge < -0.3 is 10.2 Å². The first-order valence-corrected chi connectivity index (χ1v) is 7.69. The monoisotopic (exact) mass is 248 g/mol. The minimum Gasteiger partial charge on any atom is -0.384 e. The molecule has 17 heavy (non-hydrogen) atoms. The van der Waals surface area contributed by atoms with Crippen molar-refractivity contribution in [3.05, 3.63) is 29.8 Å². The third kappa shape index (κ3) is 2.78. The Hall–Kier alpha value is -0.670. The van der Waals surface area contributed by atoms with Gasteiger partial charge in [-0.3, -0.25) is 0 Å². The van der Waals surface area contributed by atoms with Crippen molar-refractivity contribution in [2.75, 3.05) is 43.0 Å². The van der Waals surface area contributed by atoms with E-state index in [2.05, 4.69) is 46.2 Å². The molecule has 92 valence electrons. The zero-order valence-corrected chi connectivity index (χ0v) is 11.0. The molecule has 0 saturated carbocycles. The van der Waals surface area contributed by atoms with Gasteiger partial charge in [-0.2, -0.15) is 11.8 Å². The van der Waals surface area contributed by atoms with Crippen LogP contribution in [0, 0.1) is 5.92 Å². The number of para-hydroxylation sites is 1. The topological polar surface area (TPSA) is 15.3 Å². The highest BCUT2D eigenvalue weighted by atomic mass is 32.2. The summed E-state index contributed by atoms with van der Waals surface area (Å²) >= 11 is 2.09. The highest BCUT2D eigenvalue weighted by Gasteiger charge is 2.21. The van der Waals surface area contributed by atoms with Gasteiger partial charge in [0.05, 0.1) is 0 Å². The maximum absolute atomic E-state index is 3.57. The Bertz CT molecular complexity index is 374. The molecule has 3 rings (SSSR count). The van der Waals surface area contributed by atoms with E-state index in [1.165, 1.54) is 48.8 Å². The number of rotatable bonds is 2. The van der Waals surface area contributed by atoms with Crippen LogP contribution in [0.1, 0.15) is 5.56 Å². The summed E-state index contributed by atoms with van der Waals surface area (Å²) in [5.74, 6) is 3.42. The molecule has 2 nitrogen and oxygen atoms in total. The van der Waals surface area contributed by atoms with E-state index in [1.54, 1.807) is 0 Å². The summed E-state index contributed by atoms with van der Waals surface area (Å²) < 4.78 is 0. The predicted octanol–water partition coefficient (Wildman–Crippen LogP) is 2.32. The summed E-state index contributed by atoms with van der Waals surface area (Å²) in [7, 11) is 0. The molecule has 2 heterocycles. The van der Waals surface area contributed by atoms with Crippen LogP contribution in [0.3, 0.4) is 0 Å². The maximum Gasteiger partial charge on any atom is 0.0372 e. The number of thioether (sulfide) groups is 1. The van der Waals surface area contributed by atoms with E-state index in [-0.39, 0.29) is 0 Å². The van der Waals surface area contributed by atoms with Crippen molar-refractivity contribution in [2.45, 2.75) is 6.42 Å². The fourth-order valence-corrected chi connectivity index (χ4v) is 3.76. The van der Waals surface area contributed by atoms with Crippen molar-refractivity contribution in [1.29, 1.82) is 0 Å². The quantitative estimate of drug-likeness (QED) is 0.865. The van der Waals surface area contributed by atoms with E-state index in [1.807, 2.05) is 0 Å². The smallest absolute Gasteiger partial charge is 0.0372 e. The third-order valence-corrected chi connectivity index (χ3v) is 4.67. The standard InChI is InChI=1S/C14H20N2S/c1-2-4-14-13(3-1)9-12(10-15-14)11-16-5-7-17-8-6-16/h1-4,12,15H,5-11H2. The second-order valence-electron chi connectivity index (χ2n) is 5.02. The highest BCUT2D eigenvalue weighted by molar-refractivity contribution is 7.99. The fourth-order valence-electron chi connectivity index (χ4n) is 2.79. The Labute approximate surface area is 108 Å². The van der Waals surface area contributed by atoms with Gasteiger partial charge in [0.1, 0.15) is 0 Å². The van der Waals surface area contributed by atoms with Crippen LogP contribution in [0.2, 0.25) is 0 Å². The molecule has 1 atom stereocenters. The number of fused-ring (bicyclic) bond motifs is 1. The SMILES string of the molecule is c1ccc2c(c1)CC(CN1CCSCC1)CN2. The molecular weight excluding hydrogens is 228 g/mol. The molecule has 0 amide bonds. The Kier molecular flexibility index (Phi) is 3.57. The Morgan fingerprint density at radius 2 is 2.06 bits per heavy atom. The lowest BCUT2D eigenvalue weighted by Crippen LogP contribution is -2.40. The normalized spacial score (nSPS) is 25.1.